The van der Waals surface area contributed by atoms with Gasteiger partial charge in [0.2, 0.25) is 5.91 Å². The molecule has 0 unspecified atom stereocenters. The zero-order chi connectivity index (χ0) is 22.1. The predicted octanol–water partition coefficient (Wildman–Crippen LogP) is 0.477. The van der Waals surface area contributed by atoms with E-state index in [0.29, 0.717) is 42.3 Å². The van der Waals surface area contributed by atoms with Gasteiger partial charge in [0.25, 0.3) is 0 Å². The molecule has 0 bridgehead atoms. The third-order valence-electron chi connectivity index (χ3n) is 4.61. The Balaban J connectivity index is 0.00000363. The molecule has 0 aromatic heterocycles. The van der Waals surface area contributed by atoms with Crippen molar-refractivity contribution >= 4 is 11.9 Å². The zero-order valence-corrected chi connectivity index (χ0v) is 20.1. The second kappa shape index (κ2) is 12.9. The van der Waals surface area contributed by atoms with Crippen molar-refractivity contribution in [1.82, 2.24) is 0 Å². The Morgan fingerprint density at radius 1 is 0.844 bits per heavy atom. The van der Waals surface area contributed by atoms with Crippen molar-refractivity contribution in [2.24, 2.45) is 5.73 Å². The van der Waals surface area contributed by atoms with Crippen molar-refractivity contribution in [3.8, 4) is 28.4 Å². The summed E-state index contributed by atoms with van der Waals surface area (Å²) < 4.78 is 11.8. The molecule has 0 aliphatic rings. The molecule has 7 heteroatoms. The number of rotatable bonds is 11. The van der Waals surface area contributed by atoms with Gasteiger partial charge in [0.15, 0.2) is 0 Å². The summed E-state index contributed by atoms with van der Waals surface area (Å²) in [6.07, 6.45) is 1.03. The van der Waals surface area contributed by atoms with Crippen LogP contribution < -0.4 is 49.9 Å². The number of hydrogen-bond acceptors (Lipinski definition) is 5. The van der Waals surface area contributed by atoms with Gasteiger partial charge in [-0.2, -0.15) is 0 Å². The van der Waals surface area contributed by atoms with Crippen LogP contribution >= 0.6 is 0 Å². The van der Waals surface area contributed by atoms with Gasteiger partial charge < -0.3 is 25.1 Å². The molecule has 0 radical (unpaired) electrons. The summed E-state index contributed by atoms with van der Waals surface area (Å²) in [5.41, 5.74) is 8.11. The van der Waals surface area contributed by atoms with E-state index in [9.17, 15) is 14.7 Å². The second-order valence-electron chi connectivity index (χ2n) is 7.09. The van der Waals surface area contributed by atoms with E-state index < -0.39 is 11.9 Å². The first-order chi connectivity index (χ1) is 15.0. The number of aliphatic carboxylic acids is 1. The van der Waals surface area contributed by atoms with Crippen LogP contribution in [0.2, 0.25) is 0 Å². The summed E-state index contributed by atoms with van der Waals surface area (Å²) >= 11 is 0. The van der Waals surface area contributed by atoms with Gasteiger partial charge in [-0.1, -0.05) is 48.5 Å². The van der Waals surface area contributed by atoms with Crippen LogP contribution in [-0.4, -0.2) is 18.5 Å². The molecule has 0 saturated carbocycles. The fourth-order valence-electron chi connectivity index (χ4n) is 3.13. The van der Waals surface area contributed by atoms with E-state index >= 15 is 0 Å². The van der Waals surface area contributed by atoms with Gasteiger partial charge in [0, 0.05) is 17.6 Å². The van der Waals surface area contributed by atoms with E-state index in [-0.39, 0.29) is 42.4 Å². The fourth-order valence-corrected chi connectivity index (χ4v) is 3.13. The van der Waals surface area contributed by atoms with Crippen LogP contribution in [0.1, 0.15) is 24.8 Å². The largest absolute Gasteiger partial charge is 1.00 e. The maximum atomic E-state index is 11.4. The molecular weight excluding hydrogens is 417 g/mol. The topological polar surface area (TPSA) is 102 Å². The van der Waals surface area contributed by atoms with Crippen LogP contribution in [-0.2, 0) is 16.0 Å². The zero-order valence-electron chi connectivity index (χ0n) is 18.1. The van der Waals surface area contributed by atoms with E-state index in [2.05, 4.69) is 0 Å². The van der Waals surface area contributed by atoms with Gasteiger partial charge in [-0.05, 0) is 48.6 Å². The van der Waals surface area contributed by atoms with Crippen LogP contribution in [0.3, 0.4) is 0 Å². The first-order valence-corrected chi connectivity index (χ1v) is 10.1. The van der Waals surface area contributed by atoms with Crippen LogP contribution in [0.15, 0.2) is 72.8 Å². The van der Waals surface area contributed by atoms with Gasteiger partial charge in [-0.3, -0.25) is 4.79 Å². The number of carbonyl (C=O) groups excluding carboxylic acids is 2. The number of benzene rings is 3. The predicted molar refractivity (Wildman–Crippen MR) is 116 cm³/mol. The van der Waals surface area contributed by atoms with Crippen molar-refractivity contribution in [2.75, 3.05) is 6.61 Å². The minimum absolute atomic E-state index is 0. The Kier molecular flexibility index (Phi) is 10.3. The van der Waals surface area contributed by atoms with Crippen molar-refractivity contribution in [3.05, 3.63) is 78.4 Å². The Labute approximate surface area is 209 Å². The molecule has 6 nitrogen and oxygen atoms in total. The van der Waals surface area contributed by atoms with E-state index in [1.165, 1.54) is 0 Å². The average molecular weight is 441 g/mol. The summed E-state index contributed by atoms with van der Waals surface area (Å²) in [6.45, 7) is 0.311. The number of hydrogen-bond donors (Lipinski definition) is 1. The first kappa shape index (κ1) is 25.5. The van der Waals surface area contributed by atoms with Gasteiger partial charge in [-0.25, -0.2) is 0 Å². The summed E-state index contributed by atoms with van der Waals surface area (Å²) in [5, 5.41) is 10.5. The van der Waals surface area contributed by atoms with Gasteiger partial charge in [-0.15, -0.1) is 0 Å². The molecule has 0 aliphatic heterocycles. The normalized spacial score (nSPS) is 10.1. The second-order valence-corrected chi connectivity index (χ2v) is 7.09. The third kappa shape index (κ3) is 8.04. The maximum absolute atomic E-state index is 11.4. The number of carboxylic acid groups (broad SMARTS) is 1. The molecule has 0 heterocycles. The molecule has 0 aliphatic carbocycles. The SMILES string of the molecule is NC(=O)Cc1ccc(Oc2cccc(-c3ccccc3)c2)cc1OCCCCC(=O)[O-].[Na+]. The van der Waals surface area contributed by atoms with Crippen molar-refractivity contribution in [2.45, 2.75) is 25.7 Å². The minimum atomic E-state index is -1.08. The number of amides is 1. The third-order valence-corrected chi connectivity index (χ3v) is 4.61. The van der Waals surface area contributed by atoms with Crippen LogP contribution in [0.4, 0.5) is 0 Å². The molecule has 3 aromatic rings. The molecule has 3 aromatic carbocycles. The number of nitrogens with two attached hydrogens (primary N) is 1. The molecule has 0 fully saturated rings. The summed E-state index contributed by atoms with van der Waals surface area (Å²) in [6, 6.07) is 23.0. The molecule has 32 heavy (non-hydrogen) atoms. The van der Waals surface area contributed by atoms with Crippen molar-refractivity contribution in [3.63, 3.8) is 0 Å². The molecule has 1 amide bonds. The van der Waals surface area contributed by atoms with E-state index in [0.717, 1.165) is 11.1 Å². The number of carboxylic acids is 1. The van der Waals surface area contributed by atoms with E-state index in [4.69, 9.17) is 15.2 Å². The Morgan fingerprint density at radius 3 is 2.28 bits per heavy atom. The first-order valence-electron chi connectivity index (χ1n) is 10.1. The van der Waals surface area contributed by atoms with Crippen molar-refractivity contribution < 1.29 is 53.7 Å². The van der Waals surface area contributed by atoms with E-state index in [1.54, 1.807) is 18.2 Å². The number of ether oxygens (including phenoxy) is 2. The summed E-state index contributed by atoms with van der Waals surface area (Å²) in [5.74, 6) is 0.171. The minimum Gasteiger partial charge on any atom is -0.550 e. The molecule has 2 N–H and O–H groups in total. The molecule has 0 spiro atoms. The average Bonchev–Trinajstić information content (AvgIpc) is 2.75. The maximum Gasteiger partial charge on any atom is 1.00 e. The van der Waals surface area contributed by atoms with Crippen LogP contribution in [0.5, 0.6) is 17.2 Å². The van der Waals surface area contributed by atoms with Crippen molar-refractivity contribution in [1.29, 1.82) is 0 Å². The van der Waals surface area contributed by atoms with Gasteiger partial charge >= 0.3 is 29.6 Å². The monoisotopic (exact) mass is 441 g/mol. The number of unbranched alkanes of at least 4 members (excludes halogenated alkanes) is 1. The van der Waals surface area contributed by atoms with Crippen LogP contribution in [0, 0.1) is 0 Å². The molecule has 160 valence electrons. The standard InChI is InChI=1S/C25H25NO5.Na/c26-24(27)16-20-12-13-22(17-23(20)30-14-5-4-11-25(28)29)31-21-10-6-9-19(15-21)18-7-2-1-3-8-18;/h1-3,6-10,12-13,15,17H,4-5,11,14,16H2,(H2,26,27)(H,28,29);/q;+1/p-1. The smallest absolute Gasteiger partial charge is 0.550 e. The summed E-state index contributed by atoms with van der Waals surface area (Å²) in [7, 11) is 0. The van der Waals surface area contributed by atoms with Gasteiger partial charge in [0.05, 0.1) is 13.0 Å². The number of carbonyl (C=O) groups is 2. The molecule has 0 saturated heterocycles. The Bertz CT molecular complexity index is 1040. The molecular formula is C25H24NNaO5. The Morgan fingerprint density at radius 2 is 1.56 bits per heavy atom. The Hall–Kier alpha value is -2.80. The molecule has 0 atom stereocenters. The number of primary amides is 1. The van der Waals surface area contributed by atoms with E-state index in [1.807, 2.05) is 54.6 Å². The fraction of sp³-hybridized carbons (Fsp3) is 0.200. The molecule has 3 rings (SSSR count). The van der Waals surface area contributed by atoms with Gasteiger partial charge in [0.1, 0.15) is 17.2 Å². The quantitative estimate of drug-likeness (QED) is 0.345. The summed E-state index contributed by atoms with van der Waals surface area (Å²) in [4.78, 5) is 21.9. The van der Waals surface area contributed by atoms with Crippen LogP contribution in [0.25, 0.3) is 11.1 Å².